The Bertz CT molecular complexity index is 733. The Labute approximate surface area is 148 Å². The molecular formula is C19H22N2O2S. The molecular weight excluding hydrogens is 320 g/mol. The third-order valence-corrected chi connectivity index (χ3v) is 4.30. The minimum atomic E-state index is 0.184. The average molecular weight is 342 g/mol. The van der Waals surface area contributed by atoms with E-state index in [4.69, 9.17) is 21.7 Å². The van der Waals surface area contributed by atoms with Gasteiger partial charge in [0.2, 0.25) is 0 Å². The predicted octanol–water partition coefficient (Wildman–Crippen LogP) is 4.20. The summed E-state index contributed by atoms with van der Waals surface area (Å²) in [6, 6.07) is 14.3. The predicted molar refractivity (Wildman–Crippen MR) is 101 cm³/mol. The van der Waals surface area contributed by atoms with Gasteiger partial charge in [0.15, 0.2) is 16.6 Å². The molecule has 0 fully saturated rings. The molecule has 0 spiro atoms. The van der Waals surface area contributed by atoms with Gasteiger partial charge in [-0.2, -0.15) is 0 Å². The number of benzene rings is 2. The van der Waals surface area contributed by atoms with Gasteiger partial charge in [0, 0.05) is 11.8 Å². The summed E-state index contributed by atoms with van der Waals surface area (Å²) >= 11 is 5.48. The number of fused-ring (bicyclic) bond motifs is 1. The number of anilines is 1. The third kappa shape index (κ3) is 3.79. The molecule has 24 heavy (non-hydrogen) atoms. The summed E-state index contributed by atoms with van der Waals surface area (Å²) in [5.41, 5.74) is 3.42. The van der Waals surface area contributed by atoms with Crippen molar-refractivity contribution in [1.82, 2.24) is 5.32 Å². The van der Waals surface area contributed by atoms with Crippen molar-refractivity contribution in [3.8, 4) is 11.5 Å². The van der Waals surface area contributed by atoms with E-state index >= 15 is 0 Å². The number of thiocarbonyl (C=S) groups is 1. The second kappa shape index (κ2) is 7.53. The highest BCUT2D eigenvalue weighted by Crippen LogP contribution is 2.32. The van der Waals surface area contributed by atoms with E-state index in [0.29, 0.717) is 18.3 Å². The maximum atomic E-state index is 5.60. The van der Waals surface area contributed by atoms with Crippen LogP contribution < -0.4 is 20.1 Å². The molecule has 0 amide bonds. The fraction of sp³-hybridized carbons (Fsp3) is 0.316. The molecule has 1 aliphatic rings. The molecule has 4 nitrogen and oxygen atoms in total. The van der Waals surface area contributed by atoms with Crippen LogP contribution in [0, 0.1) is 6.92 Å². The van der Waals surface area contributed by atoms with E-state index in [1.807, 2.05) is 18.2 Å². The minimum Gasteiger partial charge on any atom is -0.486 e. The van der Waals surface area contributed by atoms with Crippen LogP contribution in [-0.2, 0) is 0 Å². The van der Waals surface area contributed by atoms with Gasteiger partial charge in [0.25, 0.3) is 0 Å². The van der Waals surface area contributed by atoms with Crippen LogP contribution in [0.15, 0.2) is 42.5 Å². The zero-order valence-corrected chi connectivity index (χ0v) is 14.8. The first-order valence-electron chi connectivity index (χ1n) is 8.20. The molecule has 0 radical (unpaired) electrons. The average Bonchev–Trinajstić information content (AvgIpc) is 2.60. The fourth-order valence-corrected chi connectivity index (χ4v) is 3.08. The van der Waals surface area contributed by atoms with Crippen LogP contribution in [-0.4, -0.2) is 18.3 Å². The van der Waals surface area contributed by atoms with Gasteiger partial charge in [0.05, 0.1) is 6.04 Å². The standard InChI is InChI=1S/C19H22N2O2S/c1-3-16(15-7-5-4-6-13(15)2)21-19(24)20-14-8-9-17-18(12-14)23-11-10-22-17/h4-9,12,16H,3,10-11H2,1-2H3,(H2,20,21,24)/t16-/m1/s1. The van der Waals surface area contributed by atoms with Crippen molar-refractivity contribution in [2.75, 3.05) is 18.5 Å². The zero-order valence-electron chi connectivity index (χ0n) is 14.0. The molecule has 0 bridgehead atoms. The summed E-state index contributed by atoms with van der Waals surface area (Å²) in [5, 5.41) is 7.23. The molecule has 1 atom stereocenters. The van der Waals surface area contributed by atoms with E-state index in [9.17, 15) is 0 Å². The summed E-state index contributed by atoms with van der Waals surface area (Å²) < 4.78 is 11.1. The topological polar surface area (TPSA) is 42.5 Å². The van der Waals surface area contributed by atoms with Gasteiger partial charge in [-0.3, -0.25) is 0 Å². The van der Waals surface area contributed by atoms with Crippen molar-refractivity contribution >= 4 is 23.0 Å². The number of nitrogens with one attached hydrogen (secondary N) is 2. The number of hydrogen-bond acceptors (Lipinski definition) is 3. The van der Waals surface area contributed by atoms with E-state index < -0.39 is 0 Å². The number of ether oxygens (including phenoxy) is 2. The lowest BCUT2D eigenvalue weighted by Gasteiger charge is -2.22. The highest BCUT2D eigenvalue weighted by atomic mass is 32.1. The molecule has 0 saturated heterocycles. The molecule has 1 aliphatic heterocycles. The molecule has 0 aromatic heterocycles. The molecule has 0 saturated carbocycles. The second-order valence-electron chi connectivity index (χ2n) is 5.77. The Hall–Kier alpha value is -2.27. The van der Waals surface area contributed by atoms with Gasteiger partial charge in [-0.1, -0.05) is 31.2 Å². The molecule has 3 rings (SSSR count). The van der Waals surface area contributed by atoms with Crippen molar-refractivity contribution in [2.24, 2.45) is 0 Å². The highest BCUT2D eigenvalue weighted by molar-refractivity contribution is 7.80. The van der Waals surface area contributed by atoms with Crippen molar-refractivity contribution in [2.45, 2.75) is 26.3 Å². The number of hydrogen-bond donors (Lipinski definition) is 2. The summed E-state index contributed by atoms with van der Waals surface area (Å²) in [4.78, 5) is 0. The summed E-state index contributed by atoms with van der Waals surface area (Å²) in [7, 11) is 0. The van der Waals surface area contributed by atoms with Crippen LogP contribution in [0.25, 0.3) is 0 Å². The van der Waals surface area contributed by atoms with Gasteiger partial charge in [-0.25, -0.2) is 0 Å². The molecule has 1 heterocycles. The monoisotopic (exact) mass is 342 g/mol. The first-order valence-corrected chi connectivity index (χ1v) is 8.61. The normalized spacial score (nSPS) is 13.9. The van der Waals surface area contributed by atoms with E-state index in [0.717, 1.165) is 23.6 Å². The van der Waals surface area contributed by atoms with Gasteiger partial charge >= 0.3 is 0 Å². The molecule has 2 aromatic rings. The first-order chi connectivity index (χ1) is 11.7. The molecule has 126 valence electrons. The van der Waals surface area contributed by atoms with E-state index in [2.05, 4.69) is 48.7 Å². The molecule has 2 aromatic carbocycles. The van der Waals surface area contributed by atoms with E-state index in [1.54, 1.807) is 0 Å². The van der Waals surface area contributed by atoms with Gasteiger partial charge < -0.3 is 20.1 Å². The Kier molecular flexibility index (Phi) is 5.20. The molecule has 2 N–H and O–H groups in total. The van der Waals surface area contributed by atoms with E-state index in [-0.39, 0.29) is 6.04 Å². The highest BCUT2D eigenvalue weighted by Gasteiger charge is 2.14. The van der Waals surface area contributed by atoms with Gasteiger partial charge in [-0.05, 0) is 48.8 Å². The maximum absolute atomic E-state index is 5.60. The van der Waals surface area contributed by atoms with Crippen LogP contribution in [0.5, 0.6) is 11.5 Å². The Balaban J connectivity index is 1.67. The maximum Gasteiger partial charge on any atom is 0.171 e. The number of aryl methyl sites for hydroxylation is 1. The third-order valence-electron chi connectivity index (χ3n) is 4.08. The van der Waals surface area contributed by atoms with Crippen molar-refractivity contribution in [1.29, 1.82) is 0 Å². The van der Waals surface area contributed by atoms with Gasteiger partial charge in [0.1, 0.15) is 13.2 Å². The van der Waals surface area contributed by atoms with Crippen LogP contribution in [0.3, 0.4) is 0 Å². The zero-order chi connectivity index (χ0) is 16.9. The lowest BCUT2D eigenvalue weighted by atomic mass is 10.00. The summed E-state index contributed by atoms with van der Waals surface area (Å²) in [6.07, 6.45) is 0.952. The van der Waals surface area contributed by atoms with Gasteiger partial charge in [-0.15, -0.1) is 0 Å². The van der Waals surface area contributed by atoms with Crippen molar-refractivity contribution in [3.05, 3.63) is 53.6 Å². The van der Waals surface area contributed by atoms with Crippen LogP contribution in [0.2, 0.25) is 0 Å². The SMILES string of the molecule is CC[C@@H](NC(=S)Nc1ccc2c(c1)OCCO2)c1ccccc1C. The molecule has 5 heteroatoms. The van der Waals surface area contributed by atoms with Crippen molar-refractivity contribution < 1.29 is 9.47 Å². The van der Waals surface area contributed by atoms with Crippen LogP contribution >= 0.6 is 12.2 Å². The quantitative estimate of drug-likeness (QED) is 0.815. The van der Waals surface area contributed by atoms with Crippen LogP contribution in [0.4, 0.5) is 5.69 Å². The smallest absolute Gasteiger partial charge is 0.171 e. The van der Waals surface area contributed by atoms with Crippen LogP contribution in [0.1, 0.15) is 30.5 Å². The number of rotatable bonds is 4. The molecule has 0 unspecified atom stereocenters. The first kappa shape index (κ1) is 16.6. The van der Waals surface area contributed by atoms with Crippen molar-refractivity contribution in [3.63, 3.8) is 0 Å². The summed E-state index contributed by atoms with van der Waals surface area (Å²) in [6.45, 7) is 5.44. The second-order valence-corrected chi connectivity index (χ2v) is 6.18. The minimum absolute atomic E-state index is 0.184. The van der Waals surface area contributed by atoms with E-state index in [1.165, 1.54) is 11.1 Å². The lowest BCUT2D eigenvalue weighted by molar-refractivity contribution is 0.171. The Morgan fingerprint density at radius 2 is 1.88 bits per heavy atom. The Morgan fingerprint density at radius 1 is 1.12 bits per heavy atom. The fourth-order valence-electron chi connectivity index (χ4n) is 2.82. The molecule has 0 aliphatic carbocycles. The summed E-state index contributed by atoms with van der Waals surface area (Å²) in [5.74, 6) is 1.53. The largest absolute Gasteiger partial charge is 0.486 e. The lowest BCUT2D eigenvalue weighted by Crippen LogP contribution is -2.32. The Morgan fingerprint density at radius 3 is 2.62 bits per heavy atom.